The predicted octanol–water partition coefficient (Wildman–Crippen LogP) is 3.85. The van der Waals surface area contributed by atoms with E-state index in [2.05, 4.69) is 36.9 Å². The number of nitrogens with zero attached hydrogens (tertiary/aromatic N) is 4. The van der Waals surface area contributed by atoms with Crippen molar-refractivity contribution in [3.8, 4) is 5.69 Å². The maximum Gasteiger partial charge on any atom is 0.315 e. The molecule has 38 heavy (non-hydrogen) atoms. The van der Waals surface area contributed by atoms with Gasteiger partial charge in [0.25, 0.3) is 0 Å². The van der Waals surface area contributed by atoms with E-state index in [-0.39, 0.29) is 23.9 Å². The van der Waals surface area contributed by atoms with Crippen molar-refractivity contribution >= 4 is 39.5 Å². The van der Waals surface area contributed by atoms with E-state index in [4.69, 9.17) is 11.6 Å². The summed E-state index contributed by atoms with van der Waals surface area (Å²) in [4.78, 5) is 26.8. The van der Waals surface area contributed by atoms with Gasteiger partial charge >= 0.3 is 6.03 Å². The van der Waals surface area contributed by atoms with Gasteiger partial charge in [-0.3, -0.25) is 4.79 Å². The number of carbonyl (C=O) groups is 2. The lowest BCUT2D eigenvalue weighted by Crippen LogP contribution is -2.64. The fourth-order valence-corrected chi connectivity index (χ4v) is 8.00. The monoisotopic (exact) mass is 604 g/mol. The lowest BCUT2D eigenvalue weighted by molar-refractivity contribution is -0.156. The van der Waals surface area contributed by atoms with Crippen LogP contribution in [0.3, 0.4) is 0 Å². The number of hydrogen-bond acceptors (Lipinski definition) is 5. The van der Waals surface area contributed by atoms with Crippen LogP contribution in [0.1, 0.15) is 57.1 Å². The first-order valence-electron chi connectivity index (χ1n) is 13.6. The first-order chi connectivity index (χ1) is 18.2. The number of amides is 3. The molecule has 4 aliphatic carbocycles. The highest BCUT2D eigenvalue weighted by atomic mass is 79.9. The van der Waals surface area contributed by atoms with E-state index in [1.54, 1.807) is 15.6 Å². The molecule has 4 bridgehead atoms. The number of aromatic nitrogens is 3. The van der Waals surface area contributed by atoms with Gasteiger partial charge in [0.2, 0.25) is 5.91 Å². The van der Waals surface area contributed by atoms with Crippen LogP contribution in [-0.2, 0) is 11.2 Å². The van der Waals surface area contributed by atoms with Gasteiger partial charge in [-0.2, -0.15) is 0 Å². The van der Waals surface area contributed by atoms with Gasteiger partial charge in [-0.15, -0.1) is 5.10 Å². The van der Waals surface area contributed by atoms with E-state index in [1.807, 2.05) is 18.3 Å². The maximum atomic E-state index is 12.6. The van der Waals surface area contributed by atoms with Gasteiger partial charge in [-0.25, -0.2) is 9.48 Å². The fourth-order valence-electron chi connectivity index (χ4n) is 7.52. The zero-order valence-corrected chi connectivity index (χ0v) is 23.7. The van der Waals surface area contributed by atoms with Crippen molar-refractivity contribution in [2.45, 2.75) is 68.9 Å². The predicted molar refractivity (Wildman–Crippen MR) is 146 cm³/mol. The molecule has 0 atom stereocenters. The Bertz CT molecular complexity index is 1190. The number of rotatable bonds is 8. The number of carbonyl (C=O) groups excluding carboxylic acids is 2. The topological polar surface area (TPSA) is 112 Å². The molecule has 11 heteroatoms. The van der Waals surface area contributed by atoms with Crippen molar-refractivity contribution in [1.82, 2.24) is 30.5 Å². The molecular formula is C27H34BrClN6O3. The van der Waals surface area contributed by atoms with Crippen molar-refractivity contribution in [3.63, 3.8) is 0 Å². The highest BCUT2D eigenvalue weighted by Gasteiger charge is 2.51. The van der Waals surface area contributed by atoms with Gasteiger partial charge in [0.1, 0.15) is 5.60 Å². The van der Waals surface area contributed by atoms with Crippen LogP contribution in [0.15, 0.2) is 28.9 Å². The van der Waals surface area contributed by atoms with E-state index >= 15 is 0 Å². The molecule has 0 spiro atoms. The molecule has 4 saturated carbocycles. The molecule has 3 N–H and O–H groups in total. The standard InChI is InChI=1S/C27H34BrClN6O3/c28-22-10-21(1-2-23(22)29)35-14-20(32-33-35)3-5-27(38)15-34(16-27)24(36)4-6-30-25(37)31-26-11-17-7-18(12-26)9-19(8-17)13-26/h1-2,10,14,17-19,38H,3-9,11-13,15-16H2,(H2,30,31,37). The van der Waals surface area contributed by atoms with Gasteiger partial charge in [-0.05, 0) is 103 Å². The van der Waals surface area contributed by atoms with Gasteiger partial charge in [-0.1, -0.05) is 16.8 Å². The van der Waals surface area contributed by atoms with E-state index in [0.29, 0.717) is 37.5 Å². The third kappa shape index (κ3) is 5.45. The first kappa shape index (κ1) is 26.1. The molecule has 1 aromatic heterocycles. The Kier molecular flexibility index (Phi) is 6.93. The van der Waals surface area contributed by atoms with E-state index in [9.17, 15) is 14.7 Å². The fraction of sp³-hybridized carbons (Fsp3) is 0.630. The normalized spacial score (nSPS) is 28.7. The zero-order valence-electron chi connectivity index (χ0n) is 21.3. The van der Waals surface area contributed by atoms with Crippen molar-refractivity contribution in [2.75, 3.05) is 19.6 Å². The van der Waals surface area contributed by atoms with Crippen molar-refractivity contribution in [3.05, 3.63) is 39.6 Å². The quantitative estimate of drug-likeness (QED) is 0.423. The number of halogens is 2. The summed E-state index contributed by atoms with van der Waals surface area (Å²) in [6.45, 7) is 0.892. The minimum absolute atomic E-state index is 0.0339. The van der Waals surface area contributed by atoms with Crippen molar-refractivity contribution in [1.29, 1.82) is 0 Å². The van der Waals surface area contributed by atoms with Crippen molar-refractivity contribution in [2.24, 2.45) is 17.8 Å². The average Bonchev–Trinajstić information content (AvgIpc) is 3.30. The van der Waals surface area contributed by atoms with Crippen LogP contribution in [0, 0.1) is 17.8 Å². The average molecular weight is 606 g/mol. The Balaban J connectivity index is 0.909. The van der Waals surface area contributed by atoms with Gasteiger partial charge in [0, 0.05) is 23.0 Å². The van der Waals surface area contributed by atoms with Gasteiger partial charge in [0.15, 0.2) is 0 Å². The van der Waals surface area contributed by atoms with Gasteiger partial charge in [0.05, 0.1) is 35.7 Å². The molecule has 204 valence electrons. The number of β-amino-alcohol motifs (C(OH)–C–C–N with tert-alkyl or cyclic N) is 1. The largest absolute Gasteiger partial charge is 0.386 e. The Morgan fingerprint density at radius 2 is 1.82 bits per heavy atom. The minimum Gasteiger partial charge on any atom is -0.386 e. The van der Waals surface area contributed by atoms with Crippen LogP contribution in [0.25, 0.3) is 5.69 Å². The molecule has 9 nitrogen and oxygen atoms in total. The number of likely N-dealkylation sites (tertiary alicyclic amines) is 1. The zero-order chi connectivity index (χ0) is 26.5. The lowest BCUT2D eigenvalue weighted by Gasteiger charge is -2.56. The SMILES string of the molecule is O=C(NCCC(=O)N1CC(O)(CCc2cn(-c3ccc(Cl)c(Br)c3)nn2)C1)NC12CC3CC(CC(C3)C1)C2. The molecule has 5 aliphatic rings. The summed E-state index contributed by atoms with van der Waals surface area (Å²) in [6.07, 6.45) is 10.4. The van der Waals surface area contributed by atoms with E-state index in [1.165, 1.54) is 19.3 Å². The van der Waals surface area contributed by atoms with E-state index in [0.717, 1.165) is 52.9 Å². The van der Waals surface area contributed by atoms with E-state index < -0.39 is 5.60 Å². The molecular weight excluding hydrogens is 572 g/mol. The highest BCUT2D eigenvalue weighted by Crippen LogP contribution is 2.55. The minimum atomic E-state index is -0.925. The van der Waals surface area contributed by atoms with Crippen LogP contribution in [0.5, 0.6) is 0 Å². The Morgan fingerprint density at radius 3 is 2.47 bits per heavy atom. The second kappa shape index (κ2) is 10.1. The van der Waals surface area contributed by atoms with Crippen LogP contribution >= 0.6 is 27.5 Å². The van der Waals surface area contributed by atoms with Crippen molar-refractivity contribution < 1.29 is 14.7 Å². The number of aryl methyl sites for hydroxylation is 1. The molecule has 7 rings (SSSR count). The molecule has 1 saturated heterocycles. The first-order valence-corrected chi connectivity index (χ1v) is 14.8. The second-order valence-electron chi connectivity index (χ2n) is 12.1. The summed E-state index contributed by atoms with van der Waals surface area (Å²) < 4.78 is 2.45. The summed E-state index contributed by atoms with van der Waals surface area (Å²) in [6, 6.07) is 5.36. The lowest BCUT2D eigenvalue weighted by atomic mass is 9.53. The number of urea groups is 1. The molecule has 3 amide bonds. The van der Waals surface area contributed by atoms with Gasteiger partial charge < -0.3 is 20.6 Å². The maximum absolute atomic E-state index is 12.6. The molecule has 1 aromatic carbocycles. The number of nitrogens with one attached hydrogen (secondary N) is 2. The molecule has 2 heterocycles. The molecule has 1 aliphatic heterocycles. The highest BCUT2D eigenvalue weighted by molar-refractivity contribution is 9.10. The Labute approximate surface area is 235 Å². The summed E-state index contributed by atoms with van der Waals surface area (Å²) in [5, 5.41) is 26.0. The molecule has 0 unspecified atom stereocenters. The molecule has 5 fully saturated rings. The summed E-state index contributed by atoms with van der Waals surface area (Å²) in [7, 11) is 0. The number of benzene rings is 1. The third-order valence-corrected chi connectivity index (χ3v) is 10.1. The smallest absolute Gasteiger partial charge is 0.315 e. The second-order valence-corrected chi connectivity index (χ2v) is 13.3. The van der Waals surface area contributed by atoms with Crippen LogP contribution in [0.2, 0.25) is 5.02 Å². The van der Waals surface area contributed by atoms with Crippen LogP contribution < -0.4 is 10.6 Å². The summed E-state index contributed by atoms with van der Waals surface area (Å²) in [5.74, 6) is 2.26. The third-order valence-electron chi connectivity index (χ3n) is 8.92. The Hall–Kier alpha value is -2.17. The molecule has 0 radical (unpaired) electrons. The Morgan fingerprint density at radius 1 is 1.13 bits per heavy atom. The van der Waals surface area contributed by atoms with Crippen LogP contribution in [0.4, 0.5) is 4.79 Å². The summed E-state index contributed by atoms with van der Waals surface area (Å²) in [5.41, 5.74) is 0.641. The number of aliphatic hydroxyl groups is 1. The van der Waals surface area contributed by atoms with Crippen LogP contribution in [-0.4, -0.2) is 67.7 Å². The summed E-state index contributed by atoms with van der Waals surface area (Å²) >= 11 is 9.47. The molecule has 2 aromatic rings. The number of hydrogen-bond donors (Lipinski definition) is 3.